The van der Waals surface area contributed by atoms with E-state index >= 15 is 0 Å². The third-order valence-electron chi connectivity index (χ3n) is 1.74. The summed E-state index contributed by atoms with van der Waals surface area (Å²) in [4.78, 5) is 21.5. The van der Waals surface area contributed by atoms with Gasteiger partial charge >= 0.3 is 5.97 Å². The SMILES string of the molecule is CCNC(=O)CNCc1cc(C(=O)O)no1. The van der Waals surface area contributed by atoms with Crippen LogP contribution in [-0.2, 0) is 11.3 Å². The second kappa shape index (κ2) is 5.86. The van der Waals surface area contributed by atoms with Crippen molar-refractivity contribution in [3.8, 4) is 0 Å². The fourth-order valence-electron chi connectivity index (χ4n) is 1.06. The topological polar surface area (TPSA) is 104 Å². The average molecular weight is 227 g/mol. The second-order valence-electron chi connectivity index (χ2n) is 3.04. The molecule has 0 aliphatic carbocycles. The van der Waals surface area contributed by atoms with Crippen molar-refractivity contribution in [1.29, 1.82) is 0 Å². The summed E-state index contributed by atoms with van der Waals surface area (Å²) in [5.41, 5.74) is -0.144. The monoisotopic (exact) mass is 227 g/mol. The number of aromatic nitrogens is 1. The summed E-state index contributed by atoms with van der Waals surface area (Å²) >= 11 is 0. The molecule has 7 nitrogen and oxygen atoms in total. The van der Waals surface area contributed by atoms with Gasteiger partial charge in [-0.1, -0.05) is 5.16 Å². The first-order chi connectivity index (χ1) is 7.63. The van der Waals surface area contributed by atoms with Gasteiger partial charge in [-0.3, -0.25) is 4.79 Å². The first-order valence-corrected chi connectivity index (χ1v) is 4.79. The van der Waals surface area contributed by atoms with Gasteiger partial charge in [0, 0.05) is 12.6 Å². The smallest absolute Gasteiger partial charge is 0.358 e. The summed E-state index contributed by atoms with van der Waals surface area (Å²) in [5.74, 6) is -0.888. The fourth-order valence-corrected chi connectivity index (χ4v) is 1.06. The largest absolute Gasteiger partial charge is 0.476 e. The van der Waals surface area contributed by atoms with Gasteiger partial charge in [-0.2, -0.15) is 0 Å². The number of hydrogen-bond donors (Lipinski definition) is 3. The lowest BCUT2D eigenvalue weighted by Gasteiger charge is -2.01. The van der Waals surface area contributed by atoms with Crippen LogP contribution in [0.5, 0.6) is 0 Å². The summed E-state index contributed by atoms with van der Waals surface area (Å²) in [6.07, 6.45) is 0. The molecule has 1 aromatic rings. The van der Waals surface area contributed by atoms with Gasteiger partial charge in [0.15, 0.2) is 11.5 Å². The highest BCUT2D eigenvalue weighted by molar-refractivity contribution is 5.85. The van der Waals surface area contributed by atoms with Crippen LogP contribution in [0.3, 0.4) is 0 Å². The number of nitrogens with one attached hydrogen (secondary N) is 2. The Morgan fingerprint density at radius 3 is 2.88 bits per heavy atom. The van der Waals surface area contributed by atoms with E-state index in [1.54, 1.807) is 0 Å². The van der Waals surface area contributed by atoms with E-state index in [2.05, 4.69) is 15.8 Å². The Morgan fingerprint density at radius 2 is 2.31 bits per heavy atom. The standard InChI is InChI=1S/C9H13N3O4/c1-2-11-8(13)5-10-4-6-3-7(9(14)15)12-16-6/h3,10H,2,4-5H2,1H3,(H,11,13)(H,14,15). The first-order valence-electron chi connectivity index (χ1n) is 4.79. The molecule has 1 aromatic heterocycles. The molecule has 0 aliphatic heterocycles. The average Bonchev–Trinajstić information content (AvgIpc) is 2.67. The molecule has 0 fully saturated rings. The van der Waals surface area contributed by atoms with Crippen LogP contribution in [0.4, 0.5) is 0 Å². The molecule has 88 valence electrons. The summed E-state index contributed by atoms with van der Waals surface area (Å²) in [7, 11) is 0. The zero-order chi connectivity index (χ0) is 12.0. The maximum absolute atomic E-state index is 11.0. The zero-order valence-corrected chi connectivity index (χ0v) is 8.82. The normalized spacial score (nSPS) is 10.1. The first kappa shape index (κ1) is 12.2. The molecule has 7 heteroatoms. The van der Waals surface area contributed by atoms with Crippen molar-refractivity contribution < 1.29 is 19.2 Å². The lowest BCUT2D eigenvalue weighted by molar-refractivity contribution is -0.120. The minimum Gasteiger partial charge on any atom is -0.476 e. The Kier molecular flexibility index (Phi) is 4.46. The van der Waals surface area contributed by atoms with E-state index in [4.69, 9.17) is 9.63 Å². The number of carbonyl (C=O) groups is 2. The molecule has 0 aliphatic rings. The van der Waals surface area contributed by atoms with Crippen molar-refractivity contribution in [1.82, 2.24) is 15.8 Å². The van der Waals surface area contributed by atoms with Crippen LogP contribution in [-0.4, -0.2) is 35.2 Å². The van der Waals surface area contributed by atoms with Gasteiger partial charge in [0.1, 0.15) is 0 Å². The number of carbonyl (C=O) groups excluding carboxylic acids is 1. The molecule has 0 unspecified atom stereocenters. The quantitative estimate of drug-likeness (QED) is 0.610. The second-order valence-corrected chi connectivity index (χ2v) is 3.04. The Morgan fingerprint density at radius 1 is 1.56 bits per heavy atom. The predicted molar refractivity (Wildman–Crippen MR) is 53.9 cm³/mol. The van der Waals surface area contributed by atoms with Crippen molar-refractivity contribution in [3.63, 3.8) is 0 Å². The summed E-state index contributed by atoms with van der Waals surface area (Å²) < 4.78 is 4.74. The van der Waals surface area contributed by atoms with E-state index in [9.17, 15) is 9.59 Å². The van der Waals surface area contributed by atoms with Crippen LogP contribution in [0.25, 0.3) is 0 Å². The molecule has 1 rings (SSSR count). The molecule has 0 saturated heterocycles. The van der Waals surface area contributed by atoms with E-state index in [-0.39, 0.29) is 24.7 Å². The van der Waals surface area contributed by atoms with Crippen molar-refractivity contribution in [2.75, 3.05) is 13.1 Å². The number of carboxylic acid groups (broad SMARTS) is 1. The lowest BCUT2D eigenvalue weighted by Crippen LogP contribution is -2.33. The van der Waals surface area contributed by atoms with Crippen molar-refractivity contribution in [2.24, 2.45) is 0 Å². The predicted octanol–water partition coefficient (Wildman–Crippen LogP) is -0.402. The summed E-state index contributed by atoms with van der Waals surface area (Å²) in [6.45, 7) is 2.81. The molecule has 0 spiro atoms. The molecule has 0 radical (unpaired) electrons. The summed E-state index contributed by atoms with van der Waals surface area (Å²) in [5, 5.41) is 17.3. The molecule has 3 N–H and O–H groups in total. The molecular weight excluding hydrogens is 214 g/mol. The minimum absolute atomic E-state index is 0.125. The van der Waals surface area contributed by atoms with Crippen LogP contribution in [0.15, 0.2) is 10.6 Å². The number of aromatic carboxylic acids is 1. The number of likely N-dealkylation sites (N-methyl/N-ethyl adjacent to an activating group) is 1. The van der Waals surface area contributed by atoms with E-state index in [0.29, 0.717) is 12.3 Å². The van der Waals surface area contributed by atoms with Crippen LogP contribution in [0, 0.1) is 0 Å². The molecular formula is C9H13N3O4. The van der Waals surface area contributed by atoms with E-state index in [0.717, 1.165) is 0 Å². The van der Waals surface area contributed by atoms with E-state index in [1.807, 2.05) is 6.92 Å². The highest BCUT2D eigenvalue weighted by Gasteiger charge is 2.10. The molecule has 16 heavy (non-hydrogen) atoms. The maximum atomic E-state index is 11.0. The Hall–Kier alpha value is -1.89. The van der Waals surface area contributed by atoms with Crippen LogP contribution < -0.4 is 10.6 Å². The highest BCUT2D eigenvalue weighted by atomic mass is 16.5. The van der Waals surface area contributed by atoms with Crippen molar-refractivity contribution >= 4 is 11.9 Å². The number of nitrogens with zero attached hydrogens (tertiary/aromatic N) is 1. The Balaban J connectivity index is 2.32. The van der Waals surface area contributed by atoms with Gasteiger partial charge < -0.3 is 20.3 Å². The summed E-state index contributed by atoms with van der Waals surface area (Å²) in [6, 6.07) is 1.31. The van der Waals surface area contributed by atoms with Gasteiger partial charge in [0.05, 0.1) is 13.1 Å². The van der Waals surface area contributed by atoms with Gasteiger partial charge in [0.2, 0.25) is 5.91 Å². The maximum Gasteiger partial charge on any atom is 0.358 e. The molecule has 1 heterocycles. The van der Waals surface area contributed by atoms with Crippen LogP contribution >= 0.6 is 0 Å². The zero-order valence-electron chi connectivity index (χ0n) is 8.82. The molecule has 1 amide bonds. The van der Waals surface area contributed by atoms with Gasteiger partial charge in [-0.05, 0) is 6.92 Å². The van der Waals surface area contributed by atoms with Gasteiger partial charge in [-0.25, -0.2) is 4.79 Å². The van der Waals surface area contributed by atoms with E-state index < -0.39 is 5.97 Å². The van der Waals surface area contributed by atoms with Gasteiger partial charge in [0.25, 0.3) is 0 Å². The van der Waals surface area contributed by atoms with Crippen LogP contribution in [0.2, 0.25) is 0 Å². The molecule has 0 bridgehead atoms. The van der Waals surface area contributed by atoms with E-state index in [1.165, 1.54) is 6.07 Å². The third kappa shape index (κ3) is 3.70. The van der Waals surface area contributed by atoms with Crippen molar-refractivity contribution in [2.45, 2.75) is 13.5 Å². The Bertz CT molecular complexity index is 375. The molecule has 0 atom stereocenters. The fraction of sp³-hybridized carbons (Fsp3) is 0.444. The Labute approximate surface area is 91.8 Å². The lowest BCUT2D eigenvalue weighted by atomic mass is 10.3. The number of amides is 1. The molecule has 0 saturated carbocycles. The van der Waals surface area contributed by atoms with Crippen LogP contribution in [0.1, 0.15) is 23.2 Å². The number of hydrogen-bond acceptors (Lipinski definition) is 5. The molecule has 0 aromatic carbocycles. The number of carboxylic acids is 1. The number of rotatable bonds is 6. The van der Waals surface area contributed by atoms with Crippen molar-refractivity contribution in [3.05, 3.63) is 17.5 Å². The highest BCUT2D eigenvalue weighted by Crippen LogP contribution is 2.02. The third-order valence-corrected chi connectivity index (χ3v) is 1.74. The minimum atomic E-state index is -1.14. The van der Waals surface area contributed by atoms with Gasteiger partial charge in [-0.15, -0.1) is 0 Å².